The summed E-state index contributed by atoms with van der Waals surface area (Å²) in [7, 11) is -3.83. The van der Waals surface area contributed by atoms with Crippen LogP contribution in [0.4, 0.5) is 8.78 Å². The van der Waals surface area contributed by atoms with Crippen LogP contribution in [-0.4, -0.2) is 20.6 Å². The van der Waals surface area contributed by atoms with Crippen LogP contribution in [0.5, 0.6) is 0 Å². The number of hydrogen-bond acceptors (Lipinski definition) is 2. The van der Waals surface area contributed by atoms with E-state index < -0.39 is 22.0 Å². The second-order valence-corrected chi connectivity index (χ2v) is 5.20. The SMILES string of the molecule is CCc1ccc(S(=O)(=O)CC(F)F)cc1. The van der Waals surface area contributed by atoms with Crippen LogP contribution in [0.25, 0.3) is 0 Å². The van der Waals surface area contributed by atoms with Crippen molar-refractivity contribution in [2.75, 3.05) is 5.75 Å². The summed E-state index contributed by atoms with van der Waals surface area (Å²) < 4.78 is 46.7. The minimum Gasteiger partial charge on any atom is -0.223 e. The first-order valence-corrected chi connectivity index (χ1v) is 6.21. The molecule has 0 fully saturated rings. The van der Waals surface area contributed by atoms with Gasteiger partial charge in [0.15, 0.2) is 9.84 Å². The summed E-state index contributed by atoms with van der Waals surface area (Å²) in [5.41, 5.74) is 0.978. The summed E-state index contributed by atoms with van der Waals surface area (Å²) in [4.78, 5) is -0.0417. The average molecular weight is 234 g/mol. The third-order valence-corrected chi connectivity index (χ3v) is 3.72. The zero-order valence-electron chi connectivity index (χ0n) is 8.28. The van der Waals surface area contributed by atoms with Gasteiger partial charge in [0.2, 0.25) is 0 Å². The maximum absolute atomic E-state index is 12.0. The average Bonchev–Trinajstić information content (AvgIpc) is 2.16. The van der Waals surface area contributed by atoms with Gasteiger partial charge in [-0.2, -0.15) is 0 Å². The summed E-state index contributed by atoms with van der Waals surface area (Å²) in [6, 6.07) is 6.02. The van der Waals surface area contributed by atoms with Crippen LogP contribution < -0.4 is 0 Å². The van der Waals surface area contributed by atoms with Crippen LogP contribution in [-0.2, 0) is 16.3 Å². The van der Waals surface area contributed by atoms with Crippen molar-refractivity contribution in [2.45, 2.75) is 24.7 Å². The predicted octanol–water partition coefficient (Wildman–Crippen LogP) is 2.29. The molecule has 0 aliphatic heterocycles. The van der Waals surface area contributed by atoms with Crippen molar-refractivity contribution in [1.29, 1.82) is 0 Å². The van der Waals surface area contributed by atoms with E-state index in [1.807, 2.05) is 6.92 Å². The molecule has 0 aliphatic carbocycles. The topological polar surface area (TPSA) is 34.1 Å². The smallest absolute Gasteiger partial charge is 0.223 e. The van der Waals surface area contributed by atoms with E-state index >= 15 is 0 Å². The number of alkyl halides is 2. The molecule has 0 N–H and O–H groups in total. The van der Waals surface area contributed by atoms with Gasteiger partial charge >= 0.3 is 0 Å². The molecular formula is C10H12F2O2S. The molecule has 1 aromatic carbocycles. The van der Waals surface area contributed by atoms with Crippen LogP contribution >= 0.6 is 0 Å². The number of benzene rings is 1. The molecule has 0 aromatic heterocycles. The lowest BCUT2D eigenvalue weighted by Crippen LogP contribution is -2.13. The van der Waals surface area contributed by atoms with Gasteiger partial charge in [0, 0.05) is 0 Å². The van der Waals surface area contributed by atoms with Crippen molar-refractivity contribution in [3.8, 4) is 0 Å². The van der Waals surface area contributed by atoms with Crippen LogP contribution in [0.15, 0.2) is 29.2 Å². The zero-order chi connectivity index (χ0) is 11.5. The van der Waals surface area contributed by atoms with E-state index in [1.165, 1.54) is 12.1 Å². The molecule has 0 atom stereocenters. The zero-order valence-corrected chi connectivity index (χ0v) is 9.10. The molecule has 0 amide bonds. The van der Waals surface area contributed by atoms with E-state index in [4.69, 9.17) is 0 Å². The van der Waals surface area contributed by atoms with Crippen LogP contribution in [0.1, 0.15) is 12.5 Å². The molecular weight excluding hydrogens is 222 g/mol. The highest BCUT2D eigenvalue weighted by molar-refractivity contribution is 7.91. The fourth-order valence-corrected chi connectivity index (χ4v) is 2.27. The normalized spacial score (nSPS) is 12.0. The highest BCUT2D eigenvalue weighted by Gasteiger charge is 2.19. The summed E-state index contributed by atoms with van der Waals surface area (Å²) in [6.45, 7) is 1.93. The van der Waals surface area contributed by atoms with Crippen molar-refractivity contribution in [3.63, 3.8) is 0 Å². The van der Waals surface area contributed by atoms with Gasteiger partial charge in [-0.15, -0.1) is 0 Å². The molecule has 15 heavy (non-hydrogen) atoms. The van der Waals surface area contributed by atoms with E-state index in [2.05, 4.69) is 0 Å². The van der Waals surface area contributed by atoms with Gasteiger partial charge < -0.3 is 0 Å². The number of aryl methyl sites for hydroxylation is 1. The Morgan fingerprint density at radius 2 is 1.73 bits per heavy atom. The van der Waals surface area contributed by atoms with E-state index in [9.17, 15) is 17.2 Å². The van der Waals surface area contributed by atoms with Crippen LogP contribution in [0.3, 0.4) is 0 Å². The Hall–Kier alpha value is -0.970. The lowest BCUT2D eigenvalue weighted by atomic mass is 10.2. The van der Waals surface area contributed by atoms with Gasteiger partial charge in [0.25, 0.3) is 6.43 Å². The molecule has 1 aromatic rings. The standard InChI is InChI=1S/C10H12F2O2S/c1-2-8-3-5-9(6-4-8)15(13,14)7-10(11)12/h3-6,10H,2,7H2,1H3. The maximum Gasteiger partial charge on any atom is 0.252 e. The largest absolute Gasteiger partial charge is 0.252 e. The summed E-state index contributed by atoms with van der Waals surface area (Å²) in [6.07, 6.45) is -2.05. The molecule has 84 valence electrons. The first kappa shape index (κ1) is 12.1. The fraction of sp³-hybridized carbons (Fsp3) is 0.400. The Bertz CT molecular complexity index is 410. The van der Waals surface area contributed by atoms with Gasteiger partial charge in [-0.25, -0.2) is 17.2 Å². The Morgan fingerprint density at radius 3 is 2.13 bits per heavy atom. The monoisotopic (exact) mass is 234 g/mol. The van der Waals surface area contributed by atoms with Gasteiger partial charge in [0.05, 0.1) is 4.90 Å². The van der Waals surface area contributed by atoms with Gasteiger partial charge in [-0.3, -0.25) is 0 Å². The van der Waals surface area contributed by atoms with Gasteiger partial charge in [-0.05, 0) is 24.1 Å². The molecule has 0 bridgehead atoms. The summed E-state index contributed by atoms with van der Waals surface area (Å²) >= 11 is 0. The van der Waals surface area contributed by atoms with Gasteiger partial charge in [-0.1, -0.05) is 19.1 Å². The van der Waals surface area contributed by atoms with Crippen molar-refractivity contribution in [1.82, 2.24) is 0 Å². The molecule has 0 spiro atoms. The first-order valence-electron chi connectivity index (χ1n) is 4.55. The Morgan fingerprint density at radius 1 is 1.20 bits per heavy atom. The Labute approximate surface area is 87.8 Å². The number of rotatable bonds is 4. The number of sulfone groups is 1. The second-order valence-electron chi connectivity index (χ2n) is 3.17. The van der Waals surface area contributed by atoms with E-state index in [1.54, 1.807) is 12.1 Å². The molecule has 0 aliphatic rings. The molecule has 0 radical (unpaired) electrons. The summed E-state index contributed by atoms with van der Waals surface area (Å²) in [5, 5.41) is 0. The Balaban J connectivity index is 2.96. The lowest BCUT2D eigenvalue weighted by Gasteiger charge is -2.04. The lowest BCUT2D eigenvalue weighted by molar-refractivity contribution is 0.174. The molecule has 1 rings (SSSR count). The molecule has 0 unspecified atom stereocenters. The van der Waals surface area contributed by atoms with E-state index in [-0.39, 0.29) is 4.90 Å². The van der Waals surface area contributed by atoms with Crippen LogP contribution in [0, 0.1) is 0 Å². The fourth-order valence-electron chi connectivity index (χ4n) is 1.19. The minimum atomic E-state index is -3.83. The highest BCUT2D eigenvalue weighted by Crippen LogP contribution is 2.14. The van der Waals surface area contributed by atoms with Crippen molar-refractivity contribution in [2.24, 2.45) is 0 Å². The maximum atomic E-state index is 12.0. The predicted molar refractivity (Wildman–Crippen MR) is 53.9 cm³/mol. The van der Waals surface area contributed by atoms with Gasteiger partial charge in [0.1, 0.15) is 5.75 Å². The summed E-state index contributed by atoms with van der Waals surface area (Å²) in [5.74, 6) is -1.11. The highest BCUT2D eigenvalue weighted by atomic mass is 32.2. The third kappa shape index (κ3) is 3.27. The molecule has 0 saturated carbocycles. The van der Waals surface area contributed by atoms with Crippen LogP contribution in [0.2, 0.25) is 0 Å². The minimum absolute atomic E-state index is 0.0417. The number of halogens is 2. The molecule has 5 heteroatoms. The molecule has 2 nitrogen and oxygen atoms in total. The molecule has 0 saturated heterocycles. The van der Waals surface area contributed by atoms with E-state index in [0.29, 0.717) is 0 Å². The quantitative estimate of drug-likeness (QED) is 0.801. The first-order chi connectivity index (χ1) is 6.95. The van der Waals surface area contributed by atoms with Crippen molar-refractivity contribution in [3.05, 3.63) is 29.8 Å². The molecule has 0 heterocycles. The second kappa shape index (κ2) is 4.70. The van der Waals surface area contributed by atoms with E-state index in [0.717, 1.165) is 12.0 Å². The van der Waals surface area contributed by atoms with Crippen molar-refractivity contribution < 1.29 is 17.2 Å². The third-order valence-electron chi connectivity index (χ3n) is 2.04. The Kier molecular flexibility index (Phi) is 3.79. The van der Waals surface area contributed by atoms with Crippen molar-refractivity contribution >= 4 is 9.84 Å². The number of hydrogen-bond donors (Lipinski definition) is 0.